The maximum atomic E-state index is 5.87. The molecule has 0 saturated heterocycles. The van der Waals surface area contributed by atoms with E-state index >= 15 is 0 Å². The summed E-state index contributed by atoms with van der Waals surface area (Å²) in [5.41, 5.74) is 15.2. The second kappa shape index (κ2) is 4.57. The zero-order valence-electron chi connectivity index (χ0n) is 8.98. The van der Waals surface area contributed by atoms with Crippen LogP contribution in [-0.2, 0) is 6.54 Å². The average molecular weight is 213 g/mol. The molecular weight excluding hydrogens is 198 g/mol. The van der Waals surface area contributed by atoms with Crippen molar-refractivity contribution in [1.82, 2.24) is 0 Å². The van der Waals surface area contributed by atoms with Crippen LogP contribution in [0.1, 0.15) is 5.56 Å². The molecule has 0 amide bonds. The van der Waals surface area contributed by atoms with Gasteiger partial charge in [0, 0.05) is 29.2 Å². The summed E-state index contributed by atoms with van der Waals surface area (Å²) in [6.45, 7) is 0.641. The highest BCUT2D eigenvalue weighted by Gasteiger charge is 2.02. The molecule has 2 aromatic rings. The van der Waals surface area contributed by atoms with Gasteiger partial charge in [-0.1, -0.05) is 24.3 Å². The van der Waals surface area contributed by atoms with Gasteiger partial charge < -0.3 is 16.8 Å². The van der Waals surface area contributed by atoms with E-state index in [0.717, 1.165) is 22.6 Å². The highest BCUT2D eigenvalue weighted by atomic mass is 14.9. The molecule has 0 aliphatic heterocycles. The minimum atomic E-state index is 0.641. The van der Waals surface area contributed by atoms with Crippen LogP contribution in [0.25, 0.3) is 0 Å². The summed E-state index contributed by atoms with van der Waals surface area (Å²) < 4.78 is 0. The fourth-order valence-corrected chi connectivity index (χ4v) is 1.57. The molecule has 2 rings (SSSR count). The van der Waals surface area contributed by atoms with Crippen LogP contribution in [0.3, 0.4) is 0 Å². The molecular formula is C13H15N3. The van der Waals surface area contributed by atoms with E-state index in [4.69, 9.17) is 11.5 Å². The molecule has 3 nitrogen and oxygen atoms in total. The fourth-order valence-electron chi connectivity index (χ4n) is 1.57. The Bertz CT molecular complexity index is 446. The van der Waals surface area contributed by atoms with Gasteiger partial charge in [-0.05, 0) is 24.3 Å². The molecule has 0 bridgehead atoms. The van der Waals surface area contributed by atoms with Crippen molar-refractivity contribution < 1.29 is 0 Å². The van der Waals surface area contributed by atoms with Gasteiger partial charge in [0.15, 0.2) is 0 Å². The van der Waals surface area contributed by atoms with Gasteiger partial charge in [0.25, 0.3) is 0 Å². The largest absolute Gasteiger partial charge is 0.398 e. The Morgan fingerprint density at radius 1 is 0.812 bits per heavy atom. The first kappa shape index (κ1) is 10.4. The molecule has 82 valence electrons. The fraction of sp³-hybridized carbons (Fsp3) is 0.0769. The average Bonchev–Trinajstić information content (AvgIpc) is 2.30. The standard InChI is InChI=1S/C13H15N3/c14-12-7-4-8-13(15)11(12)9-16-10-5-2-1-3-6-10/h1-8,16H,9,14-15H2. The van der Waals surface area contributed by atoms with E-state index in [0.29, 0.717) is 6.54 Å². The number of rotatable bonds is 3. The molecule has 0 atom stereocenters. The van der Waals surface area contributed by atoms with Crippen LogP contribution < -0.4 is 16.8 Å². The first-order valence-corrected chi connectivity index (χ1v) is 5.19. The lowest BCUT2D eigenvalue weighted by Gasteiger charge is -2.11. The highest BCUT2D eigenvalue weighted by molar-refractivity contribution is 5.62. The Morgan fingerprint density at radius 3 is 2.06 bits per heavy atom. The lowest BCUT2D eigenvalue weighted by Crippen LogP contribution is -2.06. The number of benzene rings is 2. The number of anilines is 3. The topological polar surface area (TPSA) is 64.1 Å². The number of nitrogen functional groups attached to an aromatic ring is 2. The smallest absolute Gasteiger partial charge is 0.0441 e. The maximum Gasteiger partial charge on any atom is 0.0441 e. The summed E-state index contributed by atoms with van der Waals surface area (Å²) in [4.78, 5) is 0. The molecule has 0 aliphatic carbocycles. The lowest BCUT2D eigenvalue weighted by atomic mass is 10.1. The summed E-state index contributed by atoms with van der Waals surface area (Å²) in [5, 5.41) is 3.28. The first-order valence-electron chi connectivity index (χ1n) is 5.19. The third kappa shape index (κ3) is 2.25. The Morgan fingerprint density at radius 2 is 1.44 bits per heavy atom. The van der Waals surface area contributed by atoms with E-state index in [1.807, 2.05) is 48.5 Å². The molecule has 0 spiro atoms. The van der Waals surface area contributed by atoms with E-state index in [1.54, 1.807) is 0 Å². The van der Waals surface area contributed by atoms with Gasteiger partial charge in [-0.25, -0.2) is 0 Å². The molecule has 0 radical (unpaired) electrons. The zero-order chi connectivity index (χ0) is 11.4. The van der Waals surface area contributed by atoms with E-state index in [1.165, 1.54) is 0 Å². The molecule has 16 heavy (non-hydrogen) atoms. The minimum absolute atomic E-state index is 0.641. The van der Waals surface area contributed by atoms with E-state index in [9.17, 15) is 0 Å². The van der Waals surface area contributed by atoms with E-state index in [-0.39, 0.29) is 0 Å². The van der Waals surface area contributed by atoms with E-state index < -0.39 is 0 Å². The number of nitrogens with one attached hydrogen (secondary N) is 1. The Hall–Kier alpha value is -2.16. The highest BCUT2D eigenvalue weighted by Crippen LogP contribution is 2.20. The second-order valence-electron chi connectivity index (χ2n) is 3.63. The summed E-state index contributed by atoms with van der Waals surface area (Å²) in [6, 6.07) is 15.6. The van der Waals surface area contributed by atoms with Gasteiger partial charge in [0.05, 0.1) is 0 Å². The van der Waals surface area contributed by atoms with Crippen LogP contribution in [0.15, 0.2) is 48.5 Å². The summed E-state index contributed by atoms with van der Waals surface area (Å²) in [5.74, 6) is 0. The van der Waals surface area contributed by atoms with Gasteiger partial charge in [0.2, 0.25) is 0 Å². The van der Waals surface area contributed by atoms with Crippen molar-refractivity contribution in [2.75, 3.05) is 16.8 Å². The predicted molar refractivity (Wildman–Crippen MR) is 69.0 cm³/mol. The van der Waals surface area contributed by atoms with Crippen LogP contribution in [0, 0.1) is 0 Å². The molecule has 0 heterocycles. The van der Waals surface area contributed by atoms with Gasteiger partial charge in [0.1, 0.15) is 0 Å². The Kier molecular flexibility index (Phi) is 2.96. The van der Waals surface area contributed by atoms with Crippen LogP contribution in [0.5, 0.6) is 0 Å². The quantitative estimate of drug-likeness (QED) is 0.686. The van der Waals surface area contributed by atoms with Crippen molar-refractivity contribution in [3.63, 3.8) is 0 Å². The molecule has 0 aromatic heterocycles. The van der Waals surface area contributed by atoms with Gasteiger partial charge in [-0.15, -0.1) is 0 Å². The maximum absolute atomic E-state index is 5.87. The lowest BCUT2D eigenvalue weighted by molar-refractivity contribution is 1.16. The SMILES string of the molecule is Nc1cccc(N)c1CNc1ccccc1. The summed E-state index contributed by atoms with van der Waals surface area (Å²) in [7, 11) is 0. The van der Waals surface area contributed by atoms with Crippen LogP contribution >= 0.6 is 0 Å². The van der Waals surface area contributed by atoms with Crippen LogP contribution in [0.4, 0.5) is 17.1 Å². The van der Waals surface area contributed by atoms with Gasteiger partial charge >= 0.3 is 0 Å². The zero-order valence-corrected chi connectivity index (χ0v) is 8.98. The predicted octanol–water partition coefficient (Wildman–Crippen LogP) is 2.46. The minimum Gasteiger partial charge on any atom is -0.398 e. The molecule has 2 aromatic carbocycles. The van der Waals surface area contributed by atoms with Crippen molar-refractivity contribution >= 4 is 17.1 Å². The number of hydrogen-bond donors (Lipinski definition) is 3. The van der Waals surface area contributed by atoms with Gasteiger partial charge in [-0.2, -0.15) is 0 Å². The van der Waals surface area contributed by atoms with Crippen molar-refractivity contribution in [2.45, 2.75) is 6.54 Å². The van der Waals surface area contributed by atoms with Gasteiger partial charge in [-0.3, -0.25) is 0 Å². The second-order valence-corrected chi connectivity index (χ2v) is 3.63. The third-order valence-corrected chi connectivity index (χ3v) is 2.49. The molecule has 0 unspecified atom stereocenters. The van der Waals surface area contributed by atoms with E-state index in [2.05, 4.69) is 5.32 Å². The van der Waals surface area contributed by atoms with Crippen molar-refractivity contribution in [2.24, 2.45) is 0 Å². The molecule has 0 fully saturated rings. The molecule has 3 heteroatoms. The Balaban J connectivity index is 2.11. The first-order chi connectivity index (χ1) is 7.77. The molecule has 5 N–H and O–H groups in total. The summed E-state index contributed by atoms with van der Waals surface area (Å²) >= 11 is 0. The number of nitrogens with two attached hydrogens (primary N) is 2. The summed E-state index contributed by atoms with van der Waals surface area (Å²) in [6.07, 6.45) is 0. The van der Waals surface area contributed by atoms with Crippen molar-refractivity contribution in [3.8, 4) is 0 Å². The Labute approximate surface area is 95.1 Å². The molecule has 0 aliphatic rings. The number of hydrogen-bond acceptors (Lipinski definition) is 3. The van der Waals surface area contributed by atoms with Crippen LogP contribution in [0.2, 0.25) is 0 Å². The van der Waals surface area contributed by atoms with Crippen molar-refractivity contribution in [1.29, 1.82) is 0 Å². The third-order valence-electron chi connectivity index (χ3n) is 2.49. The normalized spacial score (nSPS) is 10.0. The monoisotopic (exact) mass is 213 g/mol. The molecule has 0 saturated carbocycles. The number of para-hydroxylation sites is 1. The van der Waals surface area contributed by atoms with Crippen LogP contribution in [-0.4, -0.2) is 0 Å². The van der Waals surface area contributed by atoms with Crippen molar-refractivity contribution in [3.05, 3.63) is 54.1 Å².